The molecule has 0 fully saturated rings. The Labute approximate surface area is 137 Å². The van der Waals surface area contributed by atoms with Crippen LogP contribution in [0.5, 0.6) is 0 Å². The fourth-order valence-electron chi connectivity index (χ4n) is 2.56. The lowest BCUT2D eigenvalue weighted by atomic mass is 10.2. The van der Waals surface area contributed by atoms with Crippen molar-refractivity contribution in [2.45, 2.75) is 13.5 Å². The third-order valence-corrected chi connectivity index (χ3v) is 4.34. The van der Waals surface area contributed by atoms with Crippen molar-refractivity contribution in [2.24, 2.45) is 0 Å². The second-order valence-corrected chi connectivity index (χ2v) is 6.05. The summed E-state index contributed by atoms with van der Waals surface area (Å²) in [6.07, 6.45) is 0. The summed E-state index contributed by atoms with van der Waals surface area (Å²) < 4.78 is 1.77. The Kier molecular flexibility index (Phi) is 3.85. The molecule has 0 spiro atoms. The van der Waals surface area contributed by atoms with Gasteiger partial charge in [0.25, 0.3) is 0 Å². The summed E-state index contributed by atoms with van der Waals surface area (Å²) in [6, 6.07) is 12.9. The lowest BCUT2D eigenvalue weighted by Gasteiger charge is -2.09. The van der Waals surface area contributed by atoms with Crippen molar-refractivity contribution < 1.29 is 9.90 Å². The van der Waals surface area contributed by atoms with Gasteiger partial charge in [-0.25, -0.2) is 4.79 Å². The summed E-state index contributed by atoms with van der Waals surface area (Å²) in [5.41, 5.74) is 3.13. The number of carbonyl (C=O) groups is 1. The van der Waals surface area contributed by atoms with E-state index in [9.17, 15) is 9.90 Å². The molecule has 3 nitrogen and oxygen atoms in total. The first kappa shape index (κ1) is 14.9. The molecule has 0 saturated carbocycles. The zero-order valence-corrected chi connectivity index (χ0v) is 13.3. The van der Waals surface area contributed by atoms with Crippen molar-refractivity contribution in [2.75, 3.05) is 0 Å². The maximum atomic E-state index is 11.5. The molecular weight excluding hydrogens is 321 g/mol. The summed E-state index contributed by atoms with van der Waals surface area (Å²) in [5.74, 6) is -0.950. The first-order valence-electron chi connectivity index (χ1n) is 6.73. The second-order valence-electron chi connectivity index (χ2n) is 5.23. The number of carboxylic acids is 1. The highest BCUT2D eigenvalue weighted by molar-refractivity contribution is 6.42. The smallest absolute Gasteiger partial charge is 0.352 e. The van der Waals surface area contributed by atoms with Gasteiger partial charge in [0, 0.05) is 17.4 Å². The number of carboxylic acid groups (broad SMARTS) is 1. The van der Waals surface area contributed by atoms with E-state index in [-0.39, 0.29) is 5.69 Å². The lowest BCUT2D eigenvalue weighted by Crippen LogP contribution is -2.09. The fraction of sp³-hybridized carbons (Fsp3) is 0.118. The van der Waals surface area contributed by atoms with E-state index >= 15 is 0 Å². The Balaban J connectivity index is 2.13. The van der Waals surface area contributed by atoms with Gasteiger partial charge in [-0.2, -0.15) is 0 Å². The van der Waals surface area contributed by atoms with Crippen LogP contribution < -0.4 is 0 Å². The molecule has 5 heteroatoms. The summed E-state index contributed by atoms with van der Waals surface area (Å²) in [4.78, 5) is 11.5. The van der Waals surface area contributed by atoms with Gasteiger partial charge in [0.2, 0.25) is 0 Å². The maximum absolute atomic E-state index is 11.5. The van der Waals surface area contributed by atoms with Gasteiger partial charge in [0.15, 0.2) is 0 Å². The molecule has 112 valence electrons. The minimum atomic E-state index is -0.950. The van der Waals surface area contributed by atoms with E-state index in [0.717, 1.165) is 22.0 Å². The van der Waals surface area contributed by atoms with E-state index in [1.54, 1.807) is 22.8 Å². The number of nitrogens with zero attached hydrogens (tertiary/aromatic N) is 1. The Morgan fingerprint density at radius 3 is 2.55 bits per heavy atom. The van der Waals surface area contributed by atoms with Crippen molar-refractivity contribution in [3.63, 3.8) is 0 Å². The molecule has 1 N–H and O–H groups in total. The number of hydrogen-bond acceptors (Lipinski definition) is 1. The van der Waals surface area contributed by atoms with E-state index in [1.165, 1.54) is 0 Å². The molecule has 2 aromatic carbocycles. The van der Waals surface area contributed by atoms with Crippen molar-refractivity contribution in [3.8, 4) is 0 Å². The summed E-state index contributed by atoms with van der Waals surface area (Å²) >= 11 is 12.0. The highest BCUT2D eigenvalue weighted by atomic mass is 35.5. The molecule has 0 atom stereocenters. The van der Waals surface area contributed by atoms with Gasteiger partial charge in [0.05, 0.1) is 10.0 Å². The molecule has 0 aliphatic heterocycles. The van der Waals surface area contributed by atoms with Crippen LogP contribution >= 0.6 is 23.2 Å². The fourth-order valence-corrected chi connectivity index (χ4v) is 2.88. The highest BCUT2D eigenvalue weighted by Gasteiger charge is 2.15. The second kappa shape index (κ2) is 5.67. The van der Waals surface area contributed by atoms with Crippen molar-refractivity contribution in [3.05, 3.63) is 69.3 Å². The van der Waals surface area contributed by atoms with Gasteiger partial charge < -0.3 is 9.67 Å². The Morgan fingerprint density at radius 2 is 1.86 bits per heavy atom. The van der Waals surface area contributed by atoms with E-state index < -0.39 is 5.97 Å². The first-order valence-corrected chi connectivity index (χ1v) is 7.48. The van der Waals surface area contributed by atoms with Crippen LogP contribution in [-0.2, 0) is 6.54 Å². The molecule has 3 rings (SSSR count). The van der Waals surface area contributed by atoms with Crippen LogP contribution in [0.1, 0.15) is 21.6 Å². The van der Waals surface area contributed by atoms with Gasteiger partial charge in [-0.15, -0.1) is 0 Å². The topological polar surface area (TPSA) is 42.2 Å². The predicted molar refractivity (Wildman–Crippen MR) is 89.2 cm³/mol. The van der Waals surface area contributed by atoms with Crippen molar-refractivity contribution in [1.82, 2.24) is 4.57 Å². The Bertz CT molecular complexity index is 884. The molecule has 0 radical (unpaired) electrons. The average molecular weight is 334 g/mol. The van der Waals surface area contributed by atoms with Crippen LogP contribution in [0.4, 0.5) is 0 Å². The predicted octanol–water partition coefficient (Wildman–Crippen LogP) is 5.00. The lowest BCUT2D eigenvalue weighted by molar-refractivity contribution is 0.0686. The van der Waals surface area contributed by atoms with Crippen LogP contribution in [0.15, 0.2) is 42.5 Å². The number of rotatable bonds is 3. The maximum Gasteiger partial charge on any atom is 0.352 e. The number of aromatic carboxylic acids is 1. The molecule has 0 unspecified atom stereocenters. The summed E-state index contributed by atoms with van der Waals surface area (Å²) in [5, 5.41) is 11.3. The molecule has 1 aromatic heterocycles. The van der Waals surface area contributed by atoms with E-state index in [0.29, 0.717) is 16.6 Å². The molecule has 0 saturated heterocycles. The Morgan fingerprint density at radius 1 is 1.09 bits per heavy atom. The van der Waals surface area contributed by atoms with Crippen LogP contribution in [0.25, 0.3) is 10.9 Å². The third kappa shape index (κ3) is 2.70. The average Bonchev–Trinajstić information content (AvgIpc) is 2.81. The van der Waals surface area contributed by atoms with Crippen LogP contribution in [-0.4, -0.2) is 15.6 Å². The molecule has 1 heterocycles. The van der Waals surface area contributed by atoms with Gasteiger partial charge in [-0.3, -0.25) is 0 Å². The van der Waals surface area contributed by atoms with Crippen molar-refractivity contribution >= 4 is 40.1 Å². The minimum Gasteiger partial charge on any atom is -0.477 e. The zero-order chi connectivity index (χ0) is 15.9. The number of aromatic nitrogens is 1. The Hall–Kier alpha value is -1.97. The molecule has 22 heavy (non-hydrogen) atoms. The largest absolute Gasteiger partial charge is 0.477 e. The summed E-state index contributed by atoms with van der Waals surface area (Å²) in [7, 11) is 0. The van der Waals surface area contributed by atoms with Gasteiger partial charge in [-0.1, -0.05) is 40.9 Å². The number of aryl methyl sites for hydroxylation is 1. The standard InChI is InChI=1S/C17H13Cl2NO2/c1-10-2-5-15-12(6-10)8-16(17(21)22)20(15)9-11-3-4-13(18)14(19)7-11/h2-8H,9H2,1H3,(H,21,22). The highest BCUT2D eigenvalue weighted by Crippen LogP contribution is 2.26. The molecule has 3 aromatic rings. The van der Waals surface area contributed by atoms with E-state index in [4.69, 9.17) is 23.2 Å². The van der Waals surface area contributed by atoms with Gasteiger partial charge in [-0.05, 0) is 42.8 Å². The van der Waals surface area contributed by atoms with Crippen LogP contribution in [0.3, 0.4) is 0 Å². The molecule has 0 aliphatic rings. The quantitative estimate of drug-likeness (QED) is 0.732. The SMILES string of the molecule is Cc1ccc2c(c1)cc(C(=O)O)n2Cc1ccc(Cl)c(Cl)c1. The van der Waals surface area contributed by atoms with Crippen molar-refractivity contribution in [1.29, 1.82) is 0 Å². The van der Waals surface area contributed by atoms with Crippen LogP contribution in [0.2, 0.25) is 10.0 Å². The number of fused-ring (bicyclic) bond motifs is 1. The molecule has 0 bridgehead atoms. The normalized spacial score (nSPS) is 11.0. The van der Waals surface area contributed by atoms with E-state index in [2.05, 4.69) is 0 Å². The molecule has 0 aliphatic carbocycles. The molecule has 0 amide bonds. The third-order valence-electron chi connectivity index (χ3n) is 3.60. The number of hydrogen-bond donors (Lipinski definition) is 1. The molecular formula is C17H13Cl2NO2. The number of halogens is 2. The minimum absolute atomic E-state index is 0.256. The zero-order valence-electron chi connectivity index (χ0n) is 11.8. The summed E-state index contributed by atoms with van der Waals surface area (Å²) in [6.45, 7) is 2.40. The van der Waals surface area contributed by atoms with E-state index in [1.807, 2.05) is 31.2 Å². The van der Waals surface area contributed by atoms with Crippen LogP contribution in [0, 0.1) is 6.92 Å². The van der Waals surface area contributed by atoms with Gasteiger partial charge >= 0.3 is 5.97 Å². The monoisotopic (exact) mass is 333 g/mol. The van der Waals surface area contributed by atoms with Gasteiger partial charge in [0.1, 0.15) is 5.69 Å². The number of benzene rings is 2. The first-order chi connectivity index (χ1) is 10.5.